The van der Waals surface area contributed by atoms with Gasteiger partial charge in [0.05, 0.1) is 19.8 Å². The lowest BCUT2D eigenvalue weighted by Crippen LogP contribution is -2.47. The van der Waals surface area contributed by atoms with Crippen LogP contribution in [-0.4, -0.2) is 50.4 Å². The van der Waals surface area contributed by atoms with E-state index in [0.29, 0.717) is 13.2 Å². The average molecular weight is 355 g/mol. The number of ether oxygens (including phenoxy) is 2. The fourth-order valence-corrected chi connectivity index (χ4v) is 2.95. The molecule has 0 spiro atoms. The van der Waals surface area contributed by atoms with Crippen molar-refractivity contribution in [1.29, 1.82) is 0 Å². The van der Waals surface area contributed by atoms with E-state index in [0.717, 1.165) is 31.1 Å². The van der Waals surface area contributed by atoms with Crippen molar-refractivity contribution >= 4 is 11.7 Å². The Morgan fingerprint density at radius 1 is 1.19 bits per heavy atom. The van der Waals surface area contributed by atoms with Gasteiger partial charge in [-0.25, -0.2) is 4.79 Å². The largest absolute Gasteiger partial charge is 0.497 e. The summed E-state index contributed by atoms with van der Waals surface area (Å²) in [6.07, 6.45) is -0.00548. The molecule has 26 heavy (non-hydrogen) atoms. The standard InChI is InChI=1S/C20H25N3O3/c1-25-18-9-7-17(8-10-18)22-20(24)21-13-19-15-23(11-12-26-19)14-16-5-3-2-4-6-16/h2-10,19H,11-15H2,1H3,(H2,21,22,24). The third-order valence-corrected chi connectivity index (χ3v) is 4.31. The van der Waals surface area contributed by atoms with Gasteiger partial charge in [-0.15, -0.1) is 0 Å². The molecule has 0 radical (unpaired) electrons. The molecule has 2 amide bonds. The zero-order valence-corrected chi connectivity index (χ0v) is 15.0. The first-order valence-corrected chi connectivity index (χ1v) is 8.80. The van der Waals surface area contributed by atoms with Gasteiger partial charge in [0, 0.05) is 31.9 Å². The number of hydrogen-bond donors (Lipinski definition) is 2. The lowest BCUT2D eigenvalue weighted by atomic mass is 10.2. The monoisotopic (exact) mass is 355 g/mol. The lowest BCUT2D eigenvalue weighted by Gasteiger charge is -2.33. The number of rotatable bonds is 6. The fraction of sp³-hybridized carbons (Fsp3) is 0.350. The number of nitrogens with one attached hydrogen (secondary N) is 2. The summed E-state index contributed by atoms with van der Waals surface area (Å²) in [5.74, 6) is 0.755. The van der Waals surface area contributed by atoms with E-state index in [1.165, 1.54) is 5.56 Å². The van der Waals surface area contributed by atoms with Gasteiger partial charge in [0.1, 0.15) is 5.75 Å². The van der Waals surface area contributed by atoms with Gasteiger partial charge in [-0.2, -0.15) is 0 Å². The molecule has 1 atom stereocenters. The predicted molar refractivity (Wildman–Crippen MR) is 101 cm³/mol. The summed E-state index contributed by atoms with van der Waals surface area (Å²) in [6.45, 7) is 3.77. The maximum absolute atomic E-state index is 12.1. The summed E-state index contributed by atoms with van der Waals surface area (Å²) in [5.41, 5.74) is 2.01. The number of amides is 2. The minimum absolute atomic E-state index is 0.00548. The van der Waals surface area contributed by atoms with E-state index in [-0.39, 0.29) is 12.1 Å². The van der Waals surface area contributed by atoms with Crippen molar-refractivity contribution in [3.05, 3.63) is 60.2 Å². The van der Waals surface area contributed by atoms with Crippen molar-refractivity contribution in [3.63, 3.8) is 0 Å². The van der Waals surface area contributed by atoms with Crippen molar-refractivity contribution in [2.45, 2.75) is 12.6 Å². The summed E-state index contributed by atoms with van der Waals surface area (Å²) in [7, 11) is 1.61. The van der Waals surface area contributed by atoms with E-state index in [1.54, 1.807) is 31.4 Å². The van der Waals surface area contributed by atoms with Crippen LogP contribution in [0.25, 0.3) is 0 Å². The summed E-state index contributed by atoms with van der Waals surface area (Å²) in [6, 6.07) is 17.4. The van der Waals surface area contributed by atoms with Crippen molar-refractivity contribution in [2.24, 2.45) is 0 Å². The number of carbonyl (C=O) groups excluding carboxylic acids is 1. The van der Waals surface area contributed by atoms with Crippen LogP contribution in [0.5, 0.6) is 5.75 Å². The molecule has 0 saturated carbocycles. The second kappa shape index (κ2) is 9.22. The van der Waals surface area contributed by atoms with Gasteiger partial charge < -0.3 is 20.1 Å². The molecule has 1 fully saturated rings. The van der Waals surface area contributed by atoms with Crippen LogP contribution >= 0.6 is 0 Å². The van der Waals surface area contributed by atoms with Gasteiger partial charge >= 0.3 is 6.03 Å². The van der Waals surface area contributed by atoms with Gasteiger partial charge in [-0.3, -0.25) is 4.90 Å². The quantitative estimate of drug-likeness (QED) is 0.836. The molecule has 6 heteroatoms. The van der Waals surface area contributed by atoms with E-state index >= 15 is 0 Å². The van der Waals surface area contributed by atoms with E-state index in [1.807, 2.05) is 6.07 Å². The van der Waals surface area contributed by atoms with Crippen LogP contribution in [0.2, 0.25) is 0 Å². The number of methoxy groups -OCH3 is 1. The molecule has 2 aromatic carbocycles. The van der Waals surface area contributed by atoms with Gasteiger partial charge in [0.15, 0.2) is 0 Å². The molecule has 0 aliphatic carbocycles. The van der Waals surface area contributed by atoms with Crippen LogP contribution in [0.15, 0.2) is 54.6 Å². The number of morpholine rings is 1. The molecular weight excluding hydrogens is 330 g/mol. The van der Waals surface area contributed by atoms with Crippen molar-refractivity contribution in [1.82, 2.24) is 10.2 Å². The van der Waals surface area contributed by atoms with Crippen LogP contribution in [0.4, 0.5) is 10.5 Å². The average Bonchev–Trinajstić information content (AvgIpc) is 2.68. The molecule has 2 N–H and O–H groups in total. The molecule has 1 heterocycles. The van der Waals surface area contributed by atoms with Gasteiger partial charge in [0.2, 0.25) is 0 Å². The minimum atomic E-state index is -0.237. The smallest absolute Gasteiger partial charge is 0.319 e. The first kappa shape index (κ1) is 18.2. The highest BCUT2D eigenvalue weighted by Crippen LogP contribution is 2.15. The first-order valence-electron chi connectivity index (χ1n) is 8.80. The molecule has 1 aliphatic heterocycles. The molecule has 0 aromatic heterocycles. The summed E-state index contributed by atoms with van der Waals surface area (Å²) in [4.78, 5) is 14.4. The zero-order chi connectivity index (χ0) is 18.2. The van der Waals surface area contributed by atoms with E-state index in [4.69, 9.17) is 9.47 Å². The Balaban J connectivity index is 1.42. The Labute approximate surface area is 154 Å². The van der Waals surface area contributed by atoms with E-state index < -0.39 is 0 Å². The predicted octanol–water partition coefficient (Wildman–Crippen LogP) is 2.72. The first-order chi connectivity index (χ1) is 12.7. The third-order valence-electron chi connectivity index (χ3n) is 4.31. The Bertz CT molecular complexity index is 691. The molecule has 138 valence electrons. The number of hydrogen-bond acceptors (Lipinski definition) is 4. The Morgan fingerprint density at radius 2 is 1.96 bits per heavy atom. The number of carbonyl (C=O) groups is 1. The minimum Gasteiger partial charge on any atom is -0.497 e. The Hall–Kier alpha value is -2.57. The second-order valence-corrected chi connectivity index (χ2v) is 6.28. The molecule has 1 unspecified atom stereocenters. The normalized spacial score (nSPS) is 17.5. The maximum atomic E-state index is 12.1. The second-order valence-electron chi connectivity index (χ2n) is 6.28. The number of urea groups is 1. The van der Waals surface area contributed by atoms with Crippen molar-refractivity contribution in [2.75, 3.05) is 38.7 Å². The fourth-order valence-electron chi connectivity index (χ4n) is 2.95. The highest BCUT2D eigenvalue weighted by molar-refractivity contribution is 5.89. The molecular formula is C20H25N3O3. The maximum Gasteiger partial charge on any atom is 0.319 e. The highest BCUT2D eigenvalue weighted by atomic mass is 16.5. The summed E-state index contributed by atoms with van der Waals surface area (Å²) >= 11 is 0. The van der Waals surface area contributed by atoms with Crippen LogP contribution in [0.3, 0.4) is 0 Å². The molecule has 0 bridgehead atoms. The van der Waals surface area contributed by atoms with Crippen LogP contribution < -0.4 is 15.4 Å². The van der Waals surface area contributed by atoms with Gasteiger partial charge in [0.25, 0.3) is 0 Å². The van der Waals surface area contributed by atoms with Crippen LogP contribution in [0, 0.1) is 0 Å². The number of benzene rings is 2. The molecule has 2 aromatic rings. The topological polar surface area (TPSA) is 62.8 Å². The number of nitrogens with zero attached hydrogens (tertiary/aromatic N) is 1. The molecule has 3 rings (SSSR count). The third kappa shape index (κ3) is 5.47. The molecule has 1 aliphatic rings. The van der Waals surface area contributed by atoms with Gasteiger partial charge in [-0.05, 0) is 29.8 Å². The van der Waals surface area contributed by atoms with Gasteiger partial charge in [-0.1, -0.05) is 30.3 Å². The zero-order valence-electron chi connectivity index (χ0n) is 15.0. The SMILES string of the molecule is COc1ccc(NC(=O)NCC2CN(Cc3ccccc3)CCO2)cc1. The Kier molecular flexibility index (Phi) is 6.46. The highest BCUT2D eigenvalue weighted by Gasteiger charge is 2.21. The Morgan fingerprint density at radius 3 is 2.69 bits per heavy atom. The van der Waals surface area contributed by atoms with E-state index in [9.17, 15) is 4.79 Å². The van der Waals surface area contributed by atoms with Crippen molar-refractivity contribution < 1.29 is 14.3 Å². The number of anilines is 1. The van der Waals surface area contributed by atoms with Crippen molar-refractivity contribution in [3.8, 4) is 5.75 Å². The van der Waals surface area contributed by atoms with Crippen LogP contribution in [-0.2, 0) is 11.3 Å². The lowest BCUT2D eigenvalue weighted by molar-refractivity contribution is -0.0285. The van der Waals surface area contributed by atoms with Crippen LogP contribution in [0.1, 0.15) is 5.56 Å². The molecule has 1 saturated heterocycles. The van der Waals surface area contributed by atoms with E-state index in [2.05, 4.69) is 39.8 Å². The summed E-state index contributed by atoms with van der Waals surface area (Å²) in [5, 5.41) is 5.69. The summed E-state index contributed by atoms with van der Waals surface area (Å²) < 4.78 is 10.9. The molecule has 6 nitrogen and oxygen atoms in total.